The van der Waals surface area contributed by atoms with Crippen molar-refractivity contribution >= 4 is 16.9 Å². The Bertz CT molecular complexity index is 654. The Balaban J connectivity index is 1.85. The summed E-state index contributed by atoms with van der Waals surface area (Å²) in [5.41, 5.74) is 7.07. The number of imidazole rings is 1. The van der Waals surface area contributed by atoms with Gasteiger partial charge in [0.05, 0.1) is 17.4 Å². The molecule has 0 bridgehead atoms. The first-order valence-electron chi connectivity index (χ1n) is 7.32. The predicted molar refractivity (Wildman–Crippen MR) is 78.3 cm³/mol. The SMILES string of the molecule is NCC1CCCCC1NC(=O)c1cc(F)cc2[nH]cnc12. The maximum atomic E-state index is 13.6. The van der Waals surface area contributed by atoms with Crippen LogP contribution < -0.4 is 11.1 Å². The molecule has 1 heterocycles. The number of aromatic nitrogens is 2. The van der Waals surface area contributed by atoms with Crippen molar-refractivity contribution in [3.05, 3.63) is 29.8 Å². The van der Waals surface area contributed by atoms with Gasteiger partial charge in [-0.3, -0.25) is 4.79 Å². The number of hydrogen-bond donors (Lipinski definition) is 3. The molecule has 3 rings (SSSR count). The van der Waals surface area contributed by atoms with E-state index < -0.39 is 5.82 Å². The lowest BCUT2D eigenvalue weighted by Crippen LogP contribution is -2.44. The van der Waals surface area contributed by atoms with Crippen LogP contribution in [0.5, 0.6) is 0 Å². The summed E-state index contributed by atoms with van der Waals surface area (Å²) in [5.74, 6) is -0.432. The van der Waals surface area contributed by atoms with E-state index in [2.05, 4.69) is 15.3 Å². The number of rotatable bonds is 3. The number of carbonyl (C=O) groups excluding carboxylic acids is 1. The summed E-state index contributed by atoms with van der Waals surface area (Å²) in [6, 6.07) is 2.63. The molecule has 1 amide bonds. The second kappa shape index (κ2) is 5.81. The largest absolute Gasteiger partial charge is 0.349 e. The minimum atomic E-state index is -0.448. The Labute approximate surface area is 122 Å². The van der Waals surface area contributed by atoms with Crippen molar-refractivity contribution in [2.45, 2.75) is 31.7 Å². The molecule has 5 nitrogen and oxygen atoms in total. The van der Waals surface area contributed by atoms with Gasteiger partial charge in [0.1, 0.15) is 11.3 Å². The highest BCUT2D eigenvalue weighted by Gasteiger charge is 2.26. The lowest BCUT2D eigenvalue weighted by Gasteiger charge is -2.31. The van der Waals surface area contributed by atoms with Crippen LogP contribution in [0.1, 0.15) is 36.0 Å². The summed E-state index contributed by atoms with van der Waals surface area (Å²) >= 11 is 0. The third-order valence-corrected chi connectivity index (χ3v) is 4.26. The van der Waals surface area contributed by atoms with Crippen LogP contribution in [0.4, 0.5) is 4.39 Å². The van der Waals surface area contributed by atoms with E-state index in [1.807, 2.05) is 0 Å². The van der Waals surface area contributed by atoms with Crippen molar-refractivity contribution in [2.24, 2.45) is 11.7 Å². The van der Waals surface area contributed by atoms with Gasteiger partial charge in [-0.15, -0.1) is 0 Å². The van der Waals surface area contributed by atoms with E-state index in [0.717, 1.165) is 25.7 Å². The standard InChI is InChI=1S/C15H19FN4O/c16-10-5-11(14-13(6-10)18-8-19-14)15(21)20-12-4-2-1-3-9(12)7-17/h5-6,8-9,12H,1-4,7,17H2,(H,18,19)(H,20,21). The molecule has 1 fully saturated rings. The number of nitrogens with zero attached hydrogens (tertiary/aromatic N) is 1. The normalized spacial score (nSPS) is 22.4. The molecule has 1 saturated carbocycles. The Morgan fingerprint density at radius 1 is 1.43 bits per heavy atom. The topological polar surface area (TPSA) is 83.8 Å². The van der Waals surface area contributed by atoms with Gasteiger partial charge in [-0.05, 0) is 37.4 Å². The van der Waals surface area contributed by atoms with Crippen LogP contribution in [0.2, 0.25) is 0 Å². The monoisotopic (exact) mass is 290 g/mol. The van der Waals surface area contributed by atoms with Crippen molar-refractivity contribution < 1.29 is 9.18 Å². The molecule has 1 aliphatic rings. The summed E-state index contributed by atoms with van der Waals surface area (Å²) in [6.45, 7) is 0.561. The molecule has 0 radical (unpaired) electrons. The quantitative estimate of drug-likeness (QED) is 0.808. The summed E-state index contributed by atoms with van der Waals surface area (Å²) in [5, 5.41) is 3.01. The first-order valence-corrected chi connectivity index (χ1v) is 7.32. The van der Waals surface area contributed by atoms with Gasteiger partial charge in [-0.2, -0.15) is 0 Å². The Kier molecular flexibility index (Phi) is 3.88. The third-order valence-electron chi connectivity index (χ3n) is 4.26. The van der Waals surface area contributed by atoms with Crippen LogP contribution in [0.15, 0.2) is 18.5 Å². The van der Waals surface area contributed by atoms with Crippen LogP contribution in [0.25, 0.3) is 11.0 Å². The van der Waals surface area contributed by atoms with Gasteiger partial charge in [0.15, 0.2) is 0 Å². The molecule has 1 aromatic heterocycles. The van der Waals surface area contributed by atoms with Crippen molar-refractivity contribution in [3.63, 3.8) is 0 Å². The molecule has 4 N–H and O–H groups in total. The number of amides is 1. The highest BCUT2D eigenvalue weighted by atomic mass is 19.1. The molecule has 0 spiro atoms. The average Bonchev–Trinajstić information content (AvgIpc) is 2.94. The van der Waals surface area contributed by atoms with Gasteiger partial charge < -0.3 is 16.0 Å². The van der Waals surface area contributed by atoms with Gasteiger partial charge in [-0.1, -0.05) is 12.8 Å². The van der Waals surface area contributed by atoms with Crippen LogP contribution in [-0.4, -0.2) is 28.5 Å². The summed E-state index contributed by atoms with van der Waals surface area (Å²) < 4.78 is 13.6. The Hall–Kier alpha value is -1.95. The molecule has 0 saturated heterocycles. The van der Waals surface area contributed by atoms with Gasteiger partial charge in [0, 0.05) is 6.04 Å². The van der Waals surface area contributed by atoms with Crippen molar-refractivity contribution in [1.82, 2.24) is 15.3 Å². The summed E-state index contributed by atoms with van der Waals surface area (Å²) in [4.78, 5) is 19.4. The fourth-order valence-corrected chi connectivity index (χ4v) is 3.11. The minimum absolute atomic E-state index is 0.0634. The van der Waals surface area contributed by atoms with Crippen molar-refractivity contribution in [1.29, 1.82) is 0 Å². The first kappa shape index (κ1) is 14.0. The average molecular weight is 290 g/mol. The summed E-state index contributed by atoms with van der Waals surface area (Å²) in [6.07, 6.45) is 5.65. The molecule has 2 aromatic rings. The van der Waals surface area contributed by atoms with Gasteiger partial charge in [0.2, 0.25) is 0 Å². The zero-order valence-corrected chi connectivity index (χ0v) is 11.7. The zero-order chi connectivity index (χ0) is 14.8. The van der Waals surface area contributed by atoms with E-state index in [4.69, 9.17) is 5.73 Å². The number of nitrogens with two attached hydrogens (primary N) is 1. The molecular formula is C15H19FN4O. The van der Waals surface area contributed by atoms with Gasteiger partial charge in [-0.25, -0.2) is 9.37 Å². The van der Waals surface area contributed by atoms with Crippen molar-refractivity contribution in [2.75, 3.05) is 6.54 Å². The van der Waals surface area contributed by atoms with E-state index in [0.29, 0.717) is 23.5 Å². The number of aromatic amines is 1. The minimum Gasteiger partial charge on any atom is -0.349 e. The fraction of sp³-hybridized carbons (Fsp3) is 0.467. The van der Waals surface area contributed by atoms with Crippen molar-refractivity contribution in [3.8, 4) is 0 Å². The molecule has 2 atom stereocenters. The lowest BCUT2D eigenvalue weighted by molar-refractivity contribution is 0.0909. The van der Waals surface area contributed by atoms with E-state index in [1.54, 1.807) is 0 Å². The number of nitrogens with one attached hydrogen (secondary N) is 2. The smallest absolute Gasteiger partial charge is 0.253 e. The molecule has 0 aliphatic heterocycles. The first-order chi connectivity index (χ1) is 10.2. The third kappa shape index (κ3) is 2.76. The lowest BCUT2D eigenvalue weighted by atomic mass is 9.84. The number of halogens is 1. The number of hydrogen-bond acceptors (Lipinski definition) is 3. The maximum absolute atomic E-state index is 13.6. The molecular weight excluding hydrogens is 271 g/mol. The van der Waals surface area contributed by atoms with Crippen LogP contribution in [-0.2, 0) is 0 Å². The van der Waals surface area contributed by atoms with Crippen LogP contribution >= 0.6 is 0 Å². The zero-order valence-electron chi connectivity index (χ0n) is 11.7. The molecule has 1 aliphatic carbocycles. The molecule has 2 unspecified atom stereocenters. The molecule has 6 heteroatoms. The number of H-pyrrole nitrogens is 1. The molecule has 21 heavy (non-hydrogen) atoms. The van der Waals surface area contributed by atoms with Gasteiger partial charge in [0.25, 0.3) is 5.91 Å². The maximum Gasteiger partial charge on any atom is 0.253 e. The fourth-order valence-electron chi connectivity index (χ4n) is 3.11. The second-order valence-corrected chi connectivity index (χ2v) is 5.61. The highest BCUT2D eigenvalue weighted by molar-refractivity contribution is 6.04. The summed E-state index contributed by atoms with van der Waals surface area (Å²) in [7, 11) is 0. The molecule has 112 valence electrons. The second-order valence-electron chi connectivity index (χ2n) is 5.61. The van der Waals surface area contributed by atoms with Gasteiger partial charge >= 0.3 is 0 Å². The van der Waals surface area contributed by atoms with E-state index >= 15 is 0 Å². The van der Waals surface area contributed by atoms with E-state index in [1.165, 1.54) is 18.5 Å². The van der Waals surface area contributed by atoms with Crippen LogP contribution in [0, 0.1) is 11.7 Å². The number of fused-ring (bicyclic) bond motifs is 1. The molecule has 1 aromatic carbocycles. The number of carbonyl (C=O) groups is 1. The Morgan fingerprint density at radius 2 is 2.24 bits per heavy atom. The van der Waals surface area contributed by atoms with Crippen LogP contribution in [0.3, 0.4) is 0 Å². The van der Waals surface area contributed by atoms with E-state index in [-0.39, 0.29) is 17.5 Å². The van der Waals surface area contributed by atoms with E-state index in [9.17, 15) is 9.18 Å². The number of benzene rings is 1. The predicted octanol–water partition coefficient (Wildman–Crippen LogP) is 1.95. The Morgan fingerprint density at radius 3 is 3.05 bits per heavy atom. The highest BCUT2D eigenvalue weighted by Crippen LogP contribution is 2.24.